The lowest BCUT2D eigenvalue weighted by atomic mass is 9.99. The van der Waals surface area contributed by atoms with E-state index in [2.05, 4.69) is 10.2 Å². The molecule has 2 aromatic rings. The predicted molar refractivity (Wildman–Crippen MR) is 57.6 cm³/mol. The summed E-state index contributed by atoms with van der Waals surface area (Å²) in [6.07, 6.45) is 2.24. The number of aromatic nitrogens is 2. The van der Waals surface area contributed by atoms with Crippen molar-refractivity contribution < 1.29 is 9.13 Å². The molecule has 0 saturated carbocycles. The molecule has 1 aliphatic heterocycles. The van der Waals surface area contributed by atoms with Gasteiger partial charge in [0.2, 0.25) is 0 Å². The Hall–Kier alpha value is -2.04. The van der Waals surface area contributed by atoms with Crippen molar-refractivity contribution in [3.63, 3.8) is 0 Å². The van der Waals surface area contributed by atoms with Crippen LogP contribution in [0.4, 0.5) is 10.2 Å². The van der Waals surface area contributed by atoms with Gasteiger partial charge in [-0.05, 0) is 12.1 Å². The van der Waals surface area contributed by atoms with Crippen molar-refractivity contribution in [2.45, 2.75) is 6.42 Å². The Bertz CT molecular complexity index is 550. The van der Waals surface area contributed by atoms with Crippen molar-refractivity contribution in [2.24, 2.45) is 0 Å². The molecule has 0 bridgehead atoms. The highest BCUT2D eigenvalue weighted by molar-refractivity contribution is 5.78. The topological polar surface area (TPSA) is 63.9 Å². The first-order valence-electron chi connectivity index (χ1n) is 5.01. The van der Waals surface area contributed by atoms with Gasteiger partial charge in [0.1, 0.15) is 17.4 Å². The van der Waals surface area contributed by atoms with Crippen molar-refractivity contribution in [3.05, 3.63) is 29.7 Å². The maximum atomic E-state index is 13.8. The number of H-pyrrole nitrogens is 1. The summed E-state index contributed by atoms with van der Waals surface area (Å²) in [6, 6.07) is 3.05. The number of anilines is 1. The average molecular weight is 219 g/mol. The molecule has 1 aromatic heterocycles. The van der Waals surface area contributed by atoms with Crippen LogP contribution < -0.4 is 10.5 Å². The second-order valence-electron chi connectivity index (χ2n) is 3.69. The average Bonchev–Trinajstić information content (AvgIpc) is 2.87. The smallest absolute Gasteiger partial charge is 0.131 e. The van der Waals surface area contributed by atoms with Gasteiger partial charge in [-0.1, -0.05) is 0 Å². The first kappa shape index (κ1) is 9.21. The number of nitrogens with two attached hydrogens (primary N) is 1. The highest BCUT2D eigenvalue weighted by Gasteiger charge is 2.22. The highest BCUT2D eigenvalue weighted by Crippen LogP contribution is 2.38. The Balaban J connectivity index is 2.28. The number of rotatable bonds is 1. The summed E-state index contributed by atoms with van der Waals surface area (Å²) < 4.78 is 19.2. The Kier molecular flexibility index (Phi) is 1.86. The summed E-state index contributed by atoms with van der Waals surface area (Å²) in [4.78, 5) is 0. The standard InChI is InChI=1S/C11H10FN3O/c12-8-1-2-9-6(3-4-16-9)10(8)7-5-14-15-11(7)13/h1-2,5H,3-4H2,(H3,13,14,15). The molecule has 1 aromatic carbocycles. The maximum Gasteiger partial charge on any atom is 0.131 e. The van der Waals surface area contributed by atoms with Gasteiger partial charge in [-0.2, -0.15) is 5.10 Å². The van der Waals surface area contributed by atoms with Crippen LogP contribution >= 0.6 is 0 Å². The van der Waals surface area contributed by atoms with E-state index in [1.807, 2.05) is 0 Å². The fraction of sp³-hybridized carbons (Fsp3) is 0.182. The molecular formula is C11H10FN3O. The normalized spacial score (nSPS) is 13.6. The van der Waals surface area contributed by atoms with Gasteiger partial charge in [0.15, 0.2) is 0 Å². The van der Waals surface area contributed by atoms with Gasteiger partial charge < -0.3 is 10.5 Å². The second kappa shape index (κ2) is 3.23. The minimum atomic E-state index is -0.294. The van der Waals surface area contributed by atoms with Crippen LogP contribution in [0.15, 0.2) is 18.3 Å². The van der Waals surface area contributed by atoms with E-state index in [1.165, 1.54) is 12.3 Å². The van der Waals surface area contributed by atoms with E-state index in [-0.39, 0.29) is 5.82 Å². The summed E-state index contributed by atoms with van der Waals surface area (Å²) in [6.45, 7) is 0.587. The van der Waals surface area contributed by atoms with Crippen molar-refractivity contribution in [3.8, 4) is 16.9 Å². The molecule has 0 spiro atoms. The SMILES string of the molecule is Nc1[nH]ncc1-c1c(F)ccc2c1CCO2. The number of nitrogens with one attached hydrogen (secondary N) is 1. The van der Waals surface area contributed by atoms with E-state index >= 15 is 0 Å². The van der Waals surface area contributed by atoms with Gasteiger partial charge in [-0.3, -0.25) is 5.10 Å². The van der Waals surface area contributed by atoms with Crippen molar-refractivity contribution in [1.29, 1.82) is 0 Å². The third-order valence-electron chi connectivity index (χ3n) is 2.77. The maximum absolute atomic E-state index is 13.8. The van der Waals surface area contributed by atoms with Gasteiger partial charge in [0.05, 0.1) is 12.8 Å². The quantitative estimate of drug-likeness (QED) is 0.767. The minimum Gasteiger partial charge on any atom is -0.493 e. The van der Waals surface area contributed by atoms with Crippen molar-refractivity contribution >= 4 is 5.82 Å². The first-order chi connectivity index (χ1) is 7.77. The highest BCUT2D eigenvalue weighted by atomic mass is 19.1. The Morgan fingerprint density at radius 3 is 3.06 bits per heavy atom. The van der Waals surface area contributed by atoms with Crippen LogP contribution in [0.1, 0.15) is 5.56 Å². The summed E-state index contributed by atoms with van der Waals surface area (Å²) in [5.74, 6) is 0.813. The predicted octanol–water partition coefficient (Wildman–Crippen LogP) is 1.73. The number of benzene rings is 1. The van der Waals surface area contributed by atoms with E-state index < -0.39 is 0 Å². The summed E-state index contributed by atoms with van der Waals surface area (Å²) in [5.41, 5.74) is 7.68. The molecule has 0 unspecified atom stereocenters. The first-order valence-corrected chi connectivity index (χ1v) is 5.01. The van der Waals surface area contributed by atoms with Crippen LogP contribution in [0.5, 0.6) is 5.75 Å². The monoisotopic (exact) mass is 219 g/mol. The summed E-state index contributed by atoms with van der Waals surface area (Å²) >= 11 is 0. The molecule has 0 fully saturated rings. The number of ether oxygens (including phenoxy) is 1. The minimum absolute atomic E-state index is 0.294. The number of nitrogens with zero attached hydrogens (tertiary/aromatic N) is 1. The number of hydrogen-bond acceptors (Lipinski definition) is 3. The van der Waals surface area contributed by atoms with Gasteiger partial charge in [-0.15, -0.1) is 0 Å². The van der Waals surface area contributed by atoms with Gasteiger partial charge in [0.25, 0.3) is 0 Å². The van der Waals surface area contributed by atoms with Gasteiger partial charge >= 0.3 is 0 Å². The molecule has 0 amide bonds. The van der Waals surface area contributed by atoms with Crippen LogP contribution in [0.25, 0.3) is 11.1 Å². The van der Waals surface area contributed by atoms with Crippen LogP contribution in [0.2, 0.25) is 0 Å². The fourth-order valence-corrected chi connectivity index (χ4v) is 2.03. The summed E-state index contributed by atoms with van der Waals surface area (Å²) in [7, 11) is 0. The van der Waals surface area contributed by atoms with E-state index in [1.54, 1.807) is 6.07 Å². The van der Waals surface area contributed by atoms with Crippen LogP contribution in [-0.4, -0.2) is 16.8 Å². The van der Waals surface area contributed by atoms with Gasteiger partial charge in [-0.25, -0.2) is 4.39 Å². The number of aromatic amines is 1. The molecule has 5 heteroatoms. The second-order valence-corrected chi connectivity index (χ2v) is 3.69. The Morgan fingerprint density at radius 1 is 1.44 bits per heavy atom. The van der Waals surface area contributed by atoms with Gasteiger partial charge in [0, 0.05) is 23.1 Å². The summed E-state index contributed by atoms with van der Waals surface area (Å²) in [5, 5.41) is 6.41. The third-order valence-corrected chi connectivity index (χ3v) is 2.77. The van der Waals surface area contributed by atoms with Crippen molar-refractivity contribution in [1.82, 2.24) is 10.2 Å². The van der Waals surface area contributed by atoms with Crippen molar-refractivity contribution in [2.75, 3.05) is 12.3 Å². The molecule has 2 heterocycles. The Morgan fingerprint density at radius 2 is 2.31 bits per heavy atom. The van der Waals surface area contributed by atoms with E-state index in [4.69, 9.17) is 10.5 Å². The molecule has 4 nitrogen and oxygen atoms in total. The van der Waals surface area contributed by atoms with E-state index in [9.17, 15) is 4.39 Å². The lowest BCUT2D eigenvalue weighted by molar-refractivity contribution is 0.356. The molecule has 1 aliphatic rings. The number of fused-ring (bicyclic) bond motifs is 1. The molecule has 0 radical (unpaired) electrons. The molecule has 0 saturated heterocycles. The zero-order valence-corrected chi connectivity index (χ0v) is 8.46. The number of halogens is 1. The lowest BCUT2D eigenvalue weighted by Gasteiger charge is -2.07. The van der Waals surface area contributed by atoms with Crippen LogP contribution in [0.3, 0.4) is 0 Å². The number of hydrogen-bond donors (Lipinski definition) is 2. The molecule has 3 rings (SSSR count). The largest absolute Gasteiger partial charge is 0.493 e. The van der Waals surface area contributed by atoms with Crippen LogP contribution in [0, 0.1) is 5.82 Å². The zero-order chi connectivity index (χ0) is 11.1. The van der Waals surface area contributed by atoms with E-state index in [0.29, 0.717) is 30.0 Å². The molecular weight excluding hydrogens is 209 g/mol. The molecule has 0 atom stereocenters. The fourth-order valence-electron chi connectivity index (χ4n) is 2.03. The molecule has 3 N–H and O–H groups in total. The molecule has 0 aliphatic carbocycles. The van der Waals surface area contributed by atoms with E-state index in [0.717, 1.165) is 11.3 Å². The van der Waals surface area contributed by atoms with Crippen LogP contribution in [-0.2, 0) is 6.42 Å². The molecule has 82 valence electrons. The molecule has 16 heavy (non-hydrogen) atoms. The third kappa shape index (κ3) is 1.18. The zero-order valence-electron chi connectivity index (χ0n) is 8.46. The Labute approximate surface area is 91.2 Å². The lowest BCUT2D eigenvalue weighted by Crippen LogP contribution is -1.94. The number of nitrogen functional groups attached to an aromatic ring is 1.